The Balaban J connectivity index is 2.12. The van der Waals surface area contributed by atoms with Gasteiger partial charge in [-0.15, -0.1) is 0 Å². The highest BCUT2D eigenvalue weighted by atomic mass is 16.5. The minimum atomic E-state index is -0.0954. The molecule has 88 valence electrons. The molecule has 1 rings (SSSR count). The van der Waals surface area contributed by atoms with Crippen LogP contribution in [-0.4, -0.2) is 62.7 Å². The Hall–Kier alpha value is -0.610. The molecule has 0 amide bonds. The van der Waals surface area contributed by atoms with Gasteiger partial charge in [-0.1, -0.05) is 0 Å². The number of hydrogen-bond acceptors (Lipinski definition) is 4. The maximum Gasteiger partial charge on any atom is 0.305 e. The molecule has 1 aliphatic rings. The number of esters is 1. The van der Waals surface area contributed by atoms with Gasteiger partial charge in [0.2, 0.25) is 0 Å². The van der Waals surface area contributed by atoms with Crippen molar-refractivity contribution < 1.29 is 9.53 Å². The summed E-state index contributed by atoms with van der Waals surface area (Å²) in [4.78, 5) is 15.7. The zero-order valence-corrected chi connectivity index (χ0v) is 9.87. The van der Waals surface area contributed by atoms with E-state index in [1.807, 2.05) is 0 Å². The van der Waals surface area contributed by atoms with E-state index >= 15 is 0 Å². The SMILES string of the molecule is COC(=O)CCCN1CCCN(C)CC1. The van der Waals surface area contributed by atoms with E-state index in [1.54, 1.807) is 0 Å². The fraction of sp³-hybridized carbons (Fsp3) is 0.909. The normalized spacial score (nSPS) is 19.9. The lowest BCUT2D eigenvalue weighted by Gasteiger charge is -2.19. The highest BCUT2D eigenvalue weighted by molar-refractivity contribution is 5.69. The van der Waals surface area contributed by atoms with Gasteiger partial charge in [-0.3, -0.25) is 4.79 Å². The van der Waals surface area contributed by atoms with Crippen LogP contribution in [-0.2, 0) is 9.53 Å². The molecule has 0 atom stereocenters. The number of nitrogens with zero attached hydrogens (tertiary/aromatic N) is 2. The number of carbonyl (C=O) groups excluding carboxylic acids is 1. The van der Waals surface area contributed by atoms with Crippen molar-refractivity contribution >= 4 is 5.97 Å². The van der Waals surface area contributed by atoms with Crippen molar-refractivity contribution in [1.82, 2.24) is 9.80 Å². The topological polar surface area (TPSA) is 32.8 Å². The Labute approximate surface area is 92.2 Å². The molecule has 1 heterocycles. The molecule has 0 bridgehead atoms. The van der Waals surface area contributed by atoms with Crippen LogP contribution < -0.4 is 0 Å². The van der Waals surface area contributed by atoms with Gasteiger partial charge in [0.15, 0.2) is 0 Å². The van der Waals surface area contributed by atoms with Crippen LogP contribution in [0, 0.1) is 0 Å². The zero-order chi connectivity index (χ0) is 11.1. The third kappa shape index (κ3) is 5.14. The van der Waals surface area contributed by atoms with Crippen molar-refractivity contribution in [3.05, 3.63) is 0 Å². The zero-order valence-electron chi connectivity index (χ0n) is 9.87. The summed E-state index contributed by atoms with van der Waals surface area (Å²) in [7, 11) is 3.61. The maximum atomic E-state index is 10.9. The van der Waals surface area contributed by atoms with E-state index in [1.165, 1.54) is 20.1 Å². The lowest BCUT2D eigenvalue weighted by Crippen LogP contribution is -2.30. The molecule has 0 N–H and O–H groups in total. The Kier molecular flexibility index (Phi) is 5.65. The number of hydrogen-bond donors (Lipinski definition) is 0. The molecule has 15 heavy (non-hydrogen) atoms. The monoisotopic (exact) mass is 214 g/mol. The van der Waals surface area contributed by atoms with Crippen LogP contribution in [0.1, 0.15) is 19.3 Å². The summed E-state index contributed by atoms with van der Waals surface area (Å²) in [5.74, 6) is -0.0954. The first-order valence-electron chi connectivity index (χ1n) is 5.70. The Bertz CT molecular complexity index is 197. The van der Waals surface area contributed by atoms with Crippen molar-refractivity contribution in [3.63, 3.8) is 0 Å². The molecule has 0 aliphatic carbocycles. The average Bonchev–Trinajstić information content (AvgIpc) is 2.43. The number of rotatable bonds is 4. The van der Waals surface area contributed by atoms with E-state index in [0.717, 1.165) is 32.6 Å². The fourth-order valence-electron chi connectivity index (χ4n) is 1.87. The molecule has 4 nitrogen and oxygen atoms in total. The van der Waals surface area contributed by atoms with Gasteiger partial charge in [0.05, 0.1) is 7.11 Å². The molecule has 0 spiro atoms. The van der Waals surface area contributed by atoms with Gasteiger partial charge in [0.1, 0.15) is 0 Å². The van der Waals surface area contributed by atoms with E-state index < -0.39 is 0 Å². The molecule has 0 aromatic carbocycles. The molecule has 0 aromatic rings. The van der Waals surface area contributed by atoms with Crippen LogP contribution in [0.3, 0.4) is 0 Å². The number of carbonyl (C=O) groups is 1. The van der Waals surface area contributed by atoms with E-state index in [-0.39, 0.29) is 5.97 Å². The van der Waals surface area contributed by atoms with Crippen LogP contribution in [0.25, 0.3) is 0 Å². The van der Waals surface area contributed by atoms with Crippen molar-refractivity contribution in [2.24, 2.45) is 0 Å². The Morgan fingerprint density at radius 3 is 2.80 bits per heavy atom. The van der Waals surface area contributed by atoms with Gasteiger partial charge in [-0.05, 0) is 39.5 Å². The smallest absolute Gasteiger partial charge is 0.305 e. The number of likely N-dealkylation sites (N-methyl/N-ethyl adjacent to an activating group) is 1. The first kappa shape index (κ1) is 12.5. The minimum Gasteiger partial charge on any atom is -0.469 e. The molecule has 0 unspecified atom stereocenters. The molecule has 1 saturated heterocycles. The van der Waals surface area contributed by atoms with Crippen molar-refractivity contribution in [2.45, 2.75) is 19.3 Å². The van der Waals surface area contributed by atoms with Crippen LogP contribution in [0.15, 0.2) is 0 Å². The predicted molar refractivity (Wildman–Crippen MR) is 59.8 cm³/mol. The van der Waals surface area contributed by atoms with Gasteiger partial charge in [-0.25, -0.2) is 0 Å². The van der Waals surface area contributed by atoms with Gasteiger partial charge in [0.25, 0.3) is 0 Å². The Morgan fingerprint density at radius 1 is 1.27 bits per heavy atom. The predicted octanol–water partition coefficient (Wildman–Crippen LogP) is 0.577. The second-order valence-electron chi connectivity index (χ2n) is 4.18. The van der Waals surface area contributed by atoms with Gasteiger partial charge in [0, 0.05) is 19.5 Å². The summed E-state index contributed by atoms with van der Waals surface area (Å²) in [6.07, 6.45) is 2.69. The fourth-order valence-corrected chi connectivity index (χ4v) is 1.87. The number of methoxy groups -OCH3 is 1. The lowest BCUT2D eigenvalue weighted by molar-refractivity contribution is -0.140. The third-order valence-corrected chi connectivity index (χ3v) is 2.90. The first-order valence-corrected chi connectivity index (χ1v) is 5.70. The highest BCUT2D eigenvalue weighted by Gasteiger charge is 2.11. The second-order valence-corrected chi connectivity index (χ2v) is 4.18. The van der Waals surface area contributed by atoms with Crippen molar-refractivity contribution in [2.75, 3.05) is 46.9 Å². The van der Waals surface area contributed by atoms with Gasteiger partial charge in [-0.2, -0.15) is 0 Å². The van der Waals surface area contributed by atoms with Crippen LogP contribution in [0.4, 0.5) is 0 Å². The lowest BCUT2D eigenvalue weighted by atomic mass is 10.3. The summed E-state index contributed by atoms with van der Waals surface area (Å²) in [5.41, 5.74) is 0. The highest BCUT2D eigenvalue weighted by Crippen LogP contribution is 2.03. The summed E-state index contributed by atoms with van der Waals surface area (Å²) in [5, 5.41) is 0. The molecule has 0 saturated carbocycles. The molecular weight excluding hydrogens is 192 g/mol. The largest absolute Gasteiger partial charge is 0.469 e. The van der Waals surface area contributed by atoms with Gasteiger partial charge < -0.3 is 14.5 Å². The number of ether oxygens (including phenoxy) is 1. The van der Waals surface area contributed by atoms with E-state index in [4.69, 9.17) is 0 Å². The molecule has 0 aromatic heterocycles. The van der Waals surface area contributed by atoms with Crippen molar-refractivity contribution in [1.29, 1.82) is 0 Å². The van der Waals surface area contributed by atoms with E-state index in [9.17, 15) is 4.79 Å². The second kappa shape index (κ2) is 6.80. The molecular formula is C11H22N2O2. The molecule has 4 heteroatoms. The summed E-state index contributed by atoms with van der Waals surface area (Å²) in [6.45, 7) is 5.62. The Morgan fingerprint density at radius 2 is 2.07 bits per heavy atom. The quantitative estimate of drug-likeness (QED) is 0.641. The van der Waals surface area contributed by atoms with Crippen LogP contribution in [0.2, 0.25) is 0 Å². The minimum absolute atomic E-state index is 0.0954. The molecule has 0 radical (unpaired) electrons. The van der Waals surface area contributed by atoms with Crippen LogP contribution >= 0.6 is 0 Å². The standard InChI is InChI=1S/C11H22N2O2/c1-12-6-4-8-13(10-9-12)7-3-5-11(14)15-2/h3-10H2,1-2H3. The summed E-state index contributed by atoms with van der Waals surface area (Å²) in [6, 6.07) is 0. The van der Waals surface area contributed by atoms with E-state index in [0.29, 0.717) is 6.42 Å². The maximum absolute atomic E-state index is 10.9. The first-order chi connectivity index (χ1) is 7.22. The third-order valence-electron chi connectivity index (χ3n) is 2.90. The van der Waals surface area contributed by atoms with Gasteiger partial charge >= 0.3 is 5.97 Å². The summed E-state index contributed by atoms with van der Waals surface area (Å²) >= 11 is 0. The molecule has 1 aliphatic heterocycles. The van der Waals surface area contributed by atoms with Crippen molar-refractivity contribution in [3.8, 4) is 0 Å². The van der Waals surface area contributed by atoms with Crippen LogP contribution in [0.5, 0.6) is 0 Å². The average molecular weight is 214 g/mol. The van der Waals surface area contributed by atoms with E-state index in [2.05, 4.69) is 21.6 Å². The summed E-state index contributed by atoms with van der Waals surface area (Å²) < 4.78 is 4.62. The molecule has 1 fully saturated rings.